The lowest BCUT2D eigenvalue weighted by Gasteiger charge is -2.30. The first kappa shape index (κ1) is 27.9. The highest BCUT2D eigenvalue weighted by molar-refractivity contribution is 5.79. The Labute approximate surface area is 225 Å². The molecule has 38 heavy (non-hydrogen) atoms. The molecule has 1 amide bonds. The van der Waals surface area contributed by atoms with E-state index in [1.165, 1.54) is 0 Å². The Kier molecular flexibility index (Phi) is 10.0. The van der Waals surface area contributed by atoms with Crippen molar-refractivity contribution in [1.82, 2.24) is 15.1 Å². The van der Waals surface area contributed by atoms with Crippen LogP contribution < -0.4 is 14.8 Å². The molecule has 1 fully saturated rings. The number of nitrogens with zero attached hydrogens (tertiary/aromatic N) is 2. The molecule has 3 atom stereocenters. The molecule has 0 radical (unpaired) electrons. The van der Waals surface area contributed by atoms with Crippen LogP contribution in [0.5, 0.6) is 11.5 Å². The highest BCUT2D eigenvalue weighted by Gasteiger charge is 2.47. The Balaban J connectivity index is 1.55. The number of unbranched alkanes of at least 4 members (excludes halogenated alkanes) is 2. The lowest BCUT2D eigenvalue weighted by molar-refractivity contribution is -0.143. The minimum Gasteiger partial charge on any atom is -0.481 e. The van der Waals surface area contributed by atoms with E-state index in [0.717, 1.165) is 49.9 Å². The van der Waals surface area contributed by atoms with Crippen LogP contribution >= 0.6 is 0 Å². The Hall–Kier alpha value is -3.10. The summed E-state index contributed by atoms with van der Waals surface area (Å²) in [6, 6.07) is 15.4. The SMILES string of the molecule is CCCCN(CCCC)C(=O)CN1C[C@H](c2ccc3c(c2)OCO3)[C@H](C(=O)O)[C@H]1CNCc1ccccc1. The smallest absolute Gasteiger partial charge is 0.308 e. The van der Waals surface area contributed by atoms with Crippen molar-refractivity contribution in [2.45, 2.75) is 58.0 Å². The number of carboxylic acids is 1. The fraction of sp³-hybridized carbons (Fsp3) is 0.533. The van der Waals surface area contributed by atoms with Crippen molar-refractivity contribution >= 4 is 11.9 Å². The van der Waals surface area contributed by atoms with Crippen molar-refractivity contribution in [1.29, 1.82) is 0 Å². The molecule has 0 aliphatic carbocycles. The van der Waals surface area contributed by atoms with Gasteiger partial charge in [0.25, 0.3) is 0 Å². The van der Waals surface area contributed by atoms with Crippen LogP contribution in [-0.4, -0.2) is 72.3 Å². The molecule has 0 saturated carbocycles. The molecular weight excluding hydrogens is 482 g/mol. The number of fused-ring (bicyclic) bond motifs is 1. The number of amides is 1. The van der Waals surface area contributed by atoms with Gasteiger partial charge in [-0.2, -0.15) is 0 Å². The van der Waals surface area contributed by atoms with Crippen molar-refractivity contribution in [3.05, 3.63) is 59.7 Å². The zero-order chi connectivity index (χ0) is 26.9. The number of carbonyl (C=O) groups excluding carboxylic acids is 1. The summed E-state index contributed by atoms with van der Waals surface area (Å²) in [6.45, 7) is 7.75. The summed E-state index contributed by atoms with van der Waals surface area (Å²) in [4.78, 5) is 30.3. The summed E-state index contributed by atoms with van der Waals surface area (Å²) >= 11 is 0. The molecule has 2 aliphatic rings. The quantitative estimate of drug-likeness (QED) is 0.385. The fourth-order valence-electron chi connectivity index (χ4n) is 5.52. The first-order chi connectivity index (χ1) is 18.5. The molecular formula is C30H41N3O5. The van der Waals surface area contributed by atoms with E-state index in [1.807, 2.05) is 53.4 Å². The second-order valence-electron chi connectivity index (χ2n) is 10.3. The number of hydrogen-bond acceptors (Lipinski definition) is 6. The van der Waals surface area contributed by atoms with Crippen LogP contribution in [0.25, 0.3) is 0 Å². The highest BCUT2D eigenvalue weighted by atomic mass is 16.7. The van der Waals surface area contributed by atoms with Gasteiger partial charge in [-0.3, -0.25) is 14.5 Å². The second-order valence-corrected chi connectivity index (χ2v) is 10.3. The molecule has 8 heteroatoms. The third-order valence-electron chi connectivity index (χ3n) is 7.64. The third kappa shape index (κ3) is 6.85. The third-order valence-corrected chi connectivity index (χ3v) is 7.64. The maximum absolute atomic E-state index is 13.5. The predicted octanol–water partition coefficient (Wildman–Crippen LogP) is 4.10. The first-order valence-corrected chi connectivity index (χ1v) is 13.9. The van der Waals surface area contributed by atoms with Crippen molar-refractivity contribution in [3.8, 4) is 11.5 Å². The molecule has 1 saturated heterocycles. The number of nitrogens with one attached hydrogen (secondary N) is 1. The highest BCUT2D eigenvalue weighted by Crippen LogP contribution is 2.41. The Morgan fingerprint density at radius 2 is 1.74 bits per heavy atom. The average Bonchev–Trinajstić information content (AvgIpc) is 3.53. The van der Waals surface area contributed by atoms with Gasteiger partial charge < -0.3 is 24.8 Å². The first-order valence-electron chi connectivity index (χ1n) is 13.9. The van der Waals surface area contributed by atoms with Gasteiger partial charge in [0.05, 0.1) is 12.5 Å². The van der Waals surface area contributed by atoms with E-state index in [4.69, 9.17) is 9.47 Å². The molecule has 2 aromatic carbocycles. The van der Waals surface area contributed by atoms with E-state index in [9.17, 15) is 14.7 Å². The molecule has 206 valence electrons. The molecule has 2 aromatic rings. The summed E-state index contributed by atoms with van der Waals surface area (Å²) in [7, 11) is 0. The minimum atomic E-state index is -0.844. The van der Waals surface area contributed by atoms with Gasteiger partial charge in [-0.25, -0.2) is 0 Å². The zero-order valence-electron chi connectivity index (χ0n) is 22.6. The van der Waals surface area contributed by atoms with E-state index in [1.54, 1.807) is 0 Å². The van der Waals surface area contributed by atoms with E-state index in [2.05, 4.69) is 24.1 Å². The van der Waals surface area contributed by atoms with Crippen molar-refractivity contribution in [2.24, 2.45) is 5.92 Å². The monoisotopic (exact) mass is 523 g/mol. The van der Waals surface area contributed by atoms with Crippen LogP contribution in [0, 0.1) is 5.92 Å². The lowest BCUT2D eigenvalue weighted by Crippen LogP contribution is -2.48. The van der Waals surface area contributed by atoms with Gasteiger partial charge in [-0.15, -0.1) is 0 Å². The van der Waals surface area contributed by atoms with Crippen LogP contribution in [0.15, 0.2) is 48.5 Å². The standard InChI is InChI=1S/C30H41N3O5/c1-3-5-14-32(15-6-4-2)28(34)20-33-19-24(23-12-13-26-27(16-23)38-21-37-26)29(30(35)36)25(33)18-31-17-22-10-8-7-9-11-22/h7-13,16,24-25,29,31H,3-6,14-15,17-21H2,1-2H3,(H,35,36)/t24-,25-,29+/m1/s1. The van der Waals surface area contributed by atoms with Crippen LogP contribution in [0.4, 0.5) is 0 Å². The van der Waals surface area contributed by atoms with Gasteiger partial charge in [0.1, 0.15) is 0 Å². The Morgan fingerprint density at radius 1 is 1.03 bits per heavy atom. The van der Waals surface area contributed by atoms with Crippen LogP contribution in [0.1, 0.15) is 56.6 Å². The summed E-state index contributed by atoms with van der Waals surface area (Å²) in [5.41, 5.74) is 2.04. The molecule has 0 aromatic heterocycles. The van der Waals surface area contributed by atoms with Crippen molar-refractivity contribution in [3.63, 3.8) is 0 Å². The van der Waals surface area contributed by atoms with Crippen molar-refractivity contribution < 1.29 is 24.2 Å². The minimum absolute atomic E-state index is 0.0791. The number of aliphatic carboxylic acids is 1. The molecule has 2 aliphatic heterocycles. The average molecular weight is 524 g/mol. The van der Waals surface area contributed by atoms with E-state index in [-0.39, 0.29) is 31.2 Å². The zero-order valence-corrected chi connectivity index (χ0v) is 22.6. The number of benzene rings is 2. The molecule has 8 nitrogen and oxygen atoms in total. The number of likely N-dealkylation sites (tertiary alicyclic amines) is 1. The number of rotatable bonds is 14. The van der Waals surface area contributed by atoms with Gasteiger partial charge in [0, 0.05) is 44.7 Å². The van der Waals surface area contributed by atoms with E-state index >= 15 is 0 Å². The van der Waals surface area contributed by atoms with Crippen molar-refractivity contribution in [2.75, 3.05) is 39.5 Å². The van der Waals surface area contributed by atoms with Gasteiger partial charge in [-0.05, 0) is 36.1 Å². The largest absolute Gasteiger partial charge is 0.481 e. The molecule has 2 heterocycles. The molecule has 0 bridgehead atoms. The van der Waals surface area contributed by atoms with Gasteiger partial charge in [-0.1, -0.05) is 63.1 Å². The summed E-state index contributed by atoms with van der Waals surface area (Å²) in [6.07, 6.45) is 3.99. The maximum Gasteiger partial charge on any atom is 0.308 e. The fourth-order valence-corrected chi connectivity index (χ4v) is 5.52. The van der Waals surface area contributed by atoms with Crippen LogP contribution in [0.2, 0.25) is 0 Å². The molecule has 4 rings (SSSR count). The van der Waals surface area contributed by atoms with Gasteiger partial charge >= 0.3 is 5.97 Å². The summed E-state index contributed by atoms with van der Waals surface area (Å²) < 4.78 is 11.0. The molecule has 0 spiro atoms. The second kappa shape index (κ2) is 13.6. The number of carboxylic acid groups (broad SMARTS) is 1. The normalized spacial score (nSPS) is 20.5. The Morgan fingerprint density at radius 3 is 2.42 bits per heavy atom. The van der Waals surface area contributed by atoms with Gasteiger partial charge in [0.15, 0.2) is 11.5 Å². The molecule has 2 N–H and O–H groups in total. The predicted molar refractivity (Wildman–Crippen MR) is 146 cm³/mol. The van der Waals surface area contributed by atoms with E-state index in [0.29, 0.717) is 31.1 Å². The number of ether oxygens (including phenoxy) is 2. The number of carbonyl (C=O) groups is 2. The lowest BCUT2D eigenvalue weighted by atomic mass is 9.85. The summed E-state index contributed by atoms with van der Waals surface area (Å²) in [5.74, 6) is -0.373. The Bertz CT molecular complexity index is 1060. The van der Waals surface area contributed by atoms with Crippen LogP contribution in [0.3, 0.4) is 0 Å². The van der Waals surface area contributed by atoms with Crippen LogP contribution in [-0.2, 0) is 16.1 Å². The topological polar surface area (TPSA) is 91.3 Å². The number of hydrogen-bond donors (Lipinski definition) is 2. The summed E-state index contributed by atoms with van der Waals surface area (Å²) in [5, 5.41) is 13.9. The van der Waals surface area contributed by atoms with Gasteiger partial charge in [0.2, 0.25) is 12.7 Å². The molecule has 0 unspecified atom stereocenters. The maximum atomic E-state index is 13.5. The van der Waals surface area contributed by atoms with E-state index < -0.39 is 11.9 Å².